The van der Waals surface area contributed by atoms with Crippen LogP contribution in [-0.2, 0) is 0 Å². The number of nitrogens with zero attached hydrogens (tertiary/aromatic N) is 1. The van der Waals surface area contributed by atoms with Crippen molar-refractivity contribution in [3.05, 3.63) is 101 Å². The van der Waals surface area contributed by atoms with E-state index in [0.29, 0.717) is 16.7 Å². The van der Waals surface area contributed by atoms with Crippen LogP contribution in [0.5, 0.6) is 11.5 Å². The van der Waals surface area contributed by atoms with Crippen LogP contribution < -0.4 is 9.47 Å². The van der Waals surface area contributed by atoms with Crippen molar-refractivity contribution in [2.45, 2.75) is 13.8 Å². The molecule has 4 heteroatoms. The van der Waals surface area contributed by atoms with E-state index in [1.807, 2.05) is 68.4 Å². The van der Waals surface area contributed by atoms with Gasteiger partial charge in [0.2, 0.25) is 5.90 Å². The molecule has 27 heavy (non-hydrogen) atoms. The standard InChI is InChI=1S/C23H20ClNO2/c1-17-8-12-21(13-9-17)26-16-18(2)23(25-20-6-4-3-5-7-20)27-22-14-10-19(24)11-15-22/h3-16H,1-2H3/b18-16?,25-23+. The topological polar surface area (TPSA) is 30.8 Å². The molecule has 0 radical (unpaired) electrons. The molecule has 0 saturated heterocycles. The zero-order chi connectivity index (χ0) is 19.1. The highest BCUT2D eigenvalue weighted by molar-refractivity contribution is 6.30. The van der Waals surface area contributed by atoms with Crippen LogP contribution in [-0.4, -0.2) is 5.90 Å². The summed E-state index contributed by atoms with van der Waals surface area (Å²) in [4.78, 5) is 4.62. The van der Waals surface area contributed by atoms with E-state index in [1.54, 1.807) is 30.5 Å². The lowest BCUT2D eigenvalue weighted by atomic mass is 10.2. The third-order valence-electron chi connectivity index (χ3n) is 3.75. The monoisotopic (exact) mass is 377 g/mol. The second kappa shape index (κ2) is 9.06. The Kier molecular flexibility index (Phi) is 6.29. The molecule has 0 aliphatic heterocycles. The highest BCUT2D eigenvalue weighted by Crippen LogP contribution is 2.20. The van der Waals surface area contributed by atoms with E-state index in [2.05, 4.69) is 4.99 Å². The summed E-state index contributed by atoms with van der Waals surface area (Å²) in [6, 6.07) is 24.6. The predicted molar refractivity (Wildman–Crippen MR) is 111 cm³/mol. The summed E-state index contributed by atoms with van der Waals surface area (Å²) >= 11 is 5.95. The summed E-state index contributed by atoms with van der Waals surface area (Å²) in [6.45, 7) is 3.93. The van der Waals surface area contributed by atoms with E-state index in [-0.39, 0.29) is 0 Å². The van der Waals surface area contributed by atoms with Gasteiger partial charge in [0.25, 0.3) is 0 Å². The molecule has 0 aromatic heterocycles. The van der Waals surface area contributed by atoms with Crippen molar-refractivity contribution in [1.29, 1.82) is 0 Å². The molecule has 0 fully saturated rings. The maximum atomic E-state index is 5.99. The van der Waals surface area contributed by atoms with Crippen LogP contribution in [0.1, 0.15) is 12.5 Å². The lowest BCUT2D eigenvalue weighted by molar-refractivity contribution is 0.473. The first kappa shape index (κ1) is 18.7. The molecule has 0 aliphatic carbocycles. The number of aryl methyl sites for hydroxylation is 1. The van der Waals surface area contributed by atoms with Gasteiger partial charge in [-0.25, -0.2) is 4.99 Å². The second-order valence-corrected chi connectivity index (χ2v) is 6.48. The summed E-state index contributed by atoms with van der Waals surface area (Å²) in [5.41, 5.74) is 2.74. The number of hydrogen-bond acceptors (Lipinski definition) is 3. The third kappa shape index (κ3) is 5.73. The average molecular weight is 378 g/mol. The number of para-hydroxylation sites is 1. The number of hydrogen-bond donors (Lipinski definition) is 0. The second-order valence-electron chi connectivity index (χ2n) is 6.04. The fourth-order valence-electron chi connectivity index (χ4n) is 2.25. The number of benzene rings is 3. The van der Waals surface area contributed by atoms with Gasteiger partial charge in [-0.05, 0) is 62.4 Å². The molecule has 3 rings (SSSR count). The first-order valence-corrected chi connectivity index (χ1v) is 8.95. The van der Waals surface area contributed by atoms with Gasteiger partial charge in [-0.3, -0.25) is 0 Å². The first-order chi connectivity index (χ1) is 13.1. The van der Waals surface area contributed by atoms with Crippen molar-refractivity contribution < 1.29 is 9.47 Å². The van der Waals surface area contributed by atoms with E-state index in [9.17, 15) is 0 Å². The van der Waals surface area contributed by atoms with E-state index in [1.165, 1.54) is 5.56 Å². The lowest BCUT2D eigenvalue weighted by Crippen LogP contribution is -2.10. The molecule has 0 atom stereocenters. The number of rotatable bonds is 5. The maximum Gasteiger partial charge on any atom is 0.225 e. The SMILES string of the molecule is CC(=COc1ccc(C)cc1)/C(=N\c1ccccc1)Oc1ccc(Cl)cc1. The van der Waals surface area contributed by atoms with Crippen molar-refractivity contribution in [1.82, 2.24) is 0 Å². The fourth-order valence-corrected chi connectivity index (χ4v) is 2.38. The lowest BCUT2D eigenvalue weighted by Gasteiger charge is -2.10. The number of ether oxygens (including phenoxy) is 2. The molecule has 3 aromatic rings. The van der Waals surface area contributed by atoms with Gasteiger partial charge in [0.15, 0.2) is 0 Å². The van der Waals surface area contributed by atoms with Gasteiger partial charge in [-0.15, -0.1) is 0 Å². The van der Waals surface area contributed by atoms with Gasteiger partial charge >= 0.3 is 0 Å². The van der Waals surface area contributed by atoms with Crippen molar-refractivity contribution >= 4 is 23.2 Å². The molecular weight excluding hydrogens is 358 g/mol. The van der Waals surface area contributed by atoms with Gasteiger partial charge < -0.3 is 9.47 Å². The van der Waals surface area contributed by atoms with Gasteiger partial charge in [0.1, 0.15) is 11.5 Å². The van der Waals surface area contributed by atoms with Gasteiger partial charge in [-0.2, -0.15) is 0 Å². The molecule has 3 aromatic carbocycles. The summed E-state index contributed by atoms with van der Waals surface area (Å²) in [5.74, 6) is 1.86. The summed E-state index contributed by atoms with van der Waals surface area (Å²) in [7, 11) is 0. The average Bonchev–Trinajstić information content (AvgIpc) is 2.69. The Morgan fingerprint density at radius 1 is 0.852 bits per heavy atom. The van der Waals surface area contributed by atoms with E-state index in [4.69, 9.17) is 21.1 Å². The summed E-state index contributed by atoms with van der Waals surface area (Å²) < 4.78 is 11.7. The van der Waals surface area contributed by atoms with Crippen LogP contribution in [0.25, 0.3) is 0 Å². The van der Waals surface area contributed by atoms with Crippen molar-refractivity contribution in [2.24, 2.45) is 4.99 Å². The van der Waals surface area contributed by atoms with Crippen molar-refractivity contribution in [2.75, 3.05) is 0 Å². The largest absolute Gasteiger partial charge is 0.465 e. The molecule has 0 bridgehead atoms. The molecule has 0 unspecified atom stereocenters. The highest BCUT2D eigenvalue weighted by atomic mass is 35.5. The quantitative estimate of drug-likeness (QED) is 0.280. The Balaban J connectivity index is 1.85. The molecule has 0 saturated carbocycles. The molecular formula is C23H20ClNO2. The van der Waals surface area contributed by atoms with Crippen LogP contribution in [0.4, 0.5) is 5.69 Å². The Hall–Kier alpha value is -3.04. The number of aliphatic imine (C=N–C) groups is 1. The molecule has 0 aliphatic rings. The molecule has 3 nitrogen and oxygen atoms in total. The molecule has 136 valence electrons. The molecule has 0 heterocycles. The zero-order valence-electron chi connectivity index (χ0n) is 15.2. The first-order valence-electron chi connectivity index (χ1n) is 8.58. The van der Waals surface area contributed by atoms with E-state index >= 15 is 0 Å². The van der Waals surface area contributed by atoms with Crippen LogP contribution >= 0.6 is 11.6 Å². The smallest absolute Gasteiger partial charge is 0.225 e. The van der Waals surface area contributed by atoms with Crippen LogP contribution in [0.2, 0.25) is 5.02 Å². The Bertz CT molecular complexity index is 930. The molecule has 0 spiro atoms. The van der Waals surface area contributed by atoms with Gasteiger partial charge in [0.05, 0.1) is 11.9 Å². The van der Waals surface area contributed by atoms with Gasteiger partial charge in [-0.1, -0.05) is 47.5 Å². The van der Waals surface area contributed by atoms with Crippen LogP contribution in [0.3, 0.4) is 0 Å². The zero-order valence-corrected chi connectivity index (χ0v) is 16.0. The van der Waals surface area contributed by atoms with Crippen LogP contribution in [0.15, 0.2) is 95.7 Å². The van der Waals surface area contributed by atoms with Crippen LogP contribution in [0, 0.1) is 6.92 Å². The normalized spacial score (nSPS) is 12.0. The molecule has 0 N–H and O–H groups in total. The highest BCUT2D eigenvalue weighted by Gasteiger charge is 2.08. The third-order valence-corrected chi connectivity index (χ3v) is 4.00. The summed E-state index contributed by atoms with van der Waals surface area (Å²) in [5, 5.41) is 0.652. The predicted octanol–water partition coefficient (Wildman–Crippen LogP) is 6.74. The summed E-state index contributed by atoms with van der Waals surface area (Å²) in [6.07, 6.45) is 1.64. The van der Waals surface area contributed by atoms with E-state index in [0.717, 1.165) is 17.0 Å². The number of halogens is 1. The Morgan fingerprint density at radius 3 is 2.15 bits per heavy atom. The maximum absolute atomic E-state index is 5.99. The van der Waals surface area contributed by atoms with Crippen molar-refractivity contribution in [3.63, 3.8) is 0 Å². The van der Waals surface area contributed by atoms with Gasteiger partial charge in [0, 0.05) is 10.6 Å². The van der Waals surface area contributed by atoms with Crippen molar-refractivity contribution in [3.8, 4) is 11.5 Å². The minimum atomic E-state index is 0.454. The minimum absolute atomic E-state index is 0.454. The minimum Gasteiger partial charge on any atom is -0.465 e. The molecule has 0 amide bonds. The Morgan fingerprint density at radius 2 is 1.48 bits per heavy atom. The Labute approximate surface area is 164 Å². The van der Waals surface area contributed by atoms with E-state index < -0.39 is 0 Å². The fraction of sp³-hybridized carbons (Fsp3) is 0.0870.